The molecule has 1 nitrogen and oxygen atoms in total. The Balaban J connectivity index is 2.11. The predicted octanol–water partition coefficient (Wildman–Crippen LogP) is 5.23. The normalized spacial score (nSPS) is 27.0. The lowest BCUT2D eigenvalue weighted by molar-refractivity contribution is 0.183. The smallest absolute Gasteiger partial charge is 0.00966 e. The summed E-state index contributed by atoms with van der Waals surface area (Å²) in [6.45, 7) is 12.7. The number of hydrogen-bond acceptors (Lipinski definition) is 1. The predicted molar refractivity (Wildman–Crippen MR) is 92.6 cm³/mol. The van der Waals surface area contributed by atoms with Crippen LogP contribution in [0.5, 0.6) is 0 Å². The van der Waals surface area contributed by atoms with Crippen molar-refractivity contribution < 1.29 is 0 Å². The first kappa shape index (κ1) is 16.5. The zero-order valence-electron chi connectivity index (χ0n) is 14.5. The van der Waals surface area contributed by atoms with Crippen molar-refractivity contribution in [2.75, 3.05) is 6.54 Å². The van der Waals surface area contributed by atoms with E-state index in [2.05, 4.69) is 70.3 Å². The lowest BCUT2D eigenvalue weighted by Crippen LogP contribution is -2.42. The SMILES string of the molecule is CC(C)C1CCC(CNC(C)(C)C)C(c2ccccc2)C1. The molecule has 0 spiro atoms. The van der Waals surface area contributed by atoms with E-state index >= 15 is 0 Å². The summed E-state index contributed by atoms with van der Waals surface area (Å²) in [4.78, 5) is 0. The van der Waals surface area contributed by atoms with Gasteiger partial charge in [0.15, 0.2) is 0 Å². The summed E-state index contributed by atoms with van der Waals surface area (Å²) >= 11 is 0. The Kier molecular flexibility index (Phi) is 5.48. The molecule has 118 valence electrons. The Bertz CT molecular complexity index is 415. The van der Waals surface area contributed by atoms with Crippen LogP contribution in [0.2, 0.25) is 0 Å². The van der Waals surface area contributed by atoms with Crippen LogP contribution in [0.3, 0.4) is 0 Å². The molecule has 0 aromatic heterocycles. The van der Waals surface area contributed by atoms with Gasteiger partial charge in [-0.2, -0.15) is 0 Å². The van der Waals surface area contributed by atoms with Crippen LogP contribution in [-0.2, 0) is 0 Å². The molecule has 3 atom stereocenters. The van der Waals surface area contributed by atoms with E-state index in [-0.39, 0.29) is 5.54 Å². The van der Waals surface area contributed by atoms with Gasteiger partial charge in [-0.15, -0.1) is 0 Å². The number of nitrogens with one attached hydrogen (secondary N) is 1. The molecule has 1 aromatic rings. The minimum absolute atomic E-state index is 0.218. The van der Waals surface area contributed by atoms with Gasteiger partial charge in [-0.1, -0.05) is 44.2 Å². The van der Waals surface area contributed by atoms with Crippen LogP contribution in [0.15, 0.2) is 30.3 Å². The maximum Gasteiger partial charge on any atom is 0.00966 e. The van der Waals surface area contributed by atoms with Crippen molar-refractivity contribution in [3.63, 3.8) is 0 Å². The number of rotatable bonds is 4. The van der Waals surface area contributed by atoms with Crippen molar-refractivity contribution in [1.29, 1.82) is 0 Å². The fraction of sp³-hybridized carbons (Fsp3) is 0.700. The van der Waals surface area contributed by atoms with Crippen LogP contribution in [0.25, 0.3) is 0 Å². The summed E-state index contributed by atoms with van der Waals surface area (Å²) in [5, 5.41) is 3.74. The second kappa shape index (κ2) is 6.96. The van der Waals surface area contributed by atoms with E-state index in [0.717, 1.165) is 30.2 Å². The van der Waals surface area contributed by atoms with Gasteiger partial charge in [0, 0.05) is 5.54 Å². The molecule has 0 bridgehead atoms. The van der Waals surface area contributed by atoms with Crippen LogP contribution >= 0.6 is 0 Å². The van der Waals surface area contributed by atoms with Gasteiger partial charge in [0.05, 0.1) is 0 Å². The van der Waals surface area contributed by atoms with E-state index in [1.165, 1.54) is 19.3 Å². The second-order valence-electron chi connectivity index (χ2n) is 8.23. The molecule has 0 amide bonds. The van der Waals surface area contributed by atoms with Gasteiger partial charge >= 0.3 is 0 Å². The fourth-order valence-electron chi connectivity index (χ4n) is 3.66. The van der Waals surface area contributed by atoms with E-state index in [1.807, 2.05) is 0 Å². The zero-order chi connectivity index (χ0) is 15.5. The van der Waals surface area contributed by atoms with Crippen molar-refractivity contribution in [3.05, 3.63) is 35.9 Å². The molecule has 3 unspecified atom stereocenters. The van der Waals surface area contributed by atoms with Crippen molar-refractivity contribution >= 4 is 0 Å². The molecule has 1 aliphatic carbocycles. The highest BCUT2D eigenvalue weighted by Gasteiger charge is 2.33. The van der Waals surface area contributed by atoms with Gasteiger partial charge in [0.2, 0.25) is 0 Å². The molecular weight excluding hydrogens is 254 g/mol. The topological polar surface area (TPSA) is 12.0 Å². The lowest BCUT2D eigenvalue weighted by Gasteiger charge is -2.39. The average molecular weight is 287 g/mol. The molecule has 0 heterocycles. The van der Waals surface area contributed by atoms with Crippen molar-refractivity contribution in [3.8, 4) is 0 Å². The van der Waals surface area contributed by atoms with Gasteiger partial charge in [-0.3, -0.25) is 0 Å². The Labute approximate surface area is 131 Å². The second-order valence-corrected chi connectivity index (χ2v) is 8.23. The molecule has 21 heavy (non-hydrogen) atoms. The summed E-state index contributed by atoms with van der Waals surface area (Å²) in [5.41, 5.74) is 1.76. The van der Waals surface area contributed by atoms with Gasteiger partial charge in [-0.25, -0.2) is 0 Å². The van der Waals surface area contributed by atoms with Crippen molar-refractivity contribution in [2.45, 2.75) is 65.3 Å². The highest BCUT2D eigenvalue weighted by atomic mass is 14.9. The molecule has 1 heteroatoms. The highest BCUT2D eigenvalue weighted by Crippen LogP contribution is 2.42. The van der Waals surface area contributed by atoms with Crippen molar-refractivity contribution in [1.82, 2.24) is 5.32 Å². The van der Waals surface area contributed by atoms with Crippen molar-refractivity contribution in [2.24, 2.45) is 17.8 Å². The third-order valence-corrected chi connectivity index (χ3v) is 5.10. The van der Waals surface area contributed by atoms with E-state index in [0.29, 0.717) is 0 Å². The van der Waals surface area contributed by atoms with Gasteiger partial charge in [0.1, 0.15) is 0 Å². The molecule has 1 aromatic carbocycles. The summed E-state index contributed by atoms with van der Waals surface area (Å²) in [6, 6.07) is 11.2. The summed E-state index contributed by atoms with van der Waals surface area (Å²) in [5.74, 6) is 3.21. The molecule has 0 radical (unpaired) electrons. The molecule has 1 N–H and O–H groups in total. The fourth-order valence-corrected chi connectivity index (χ4v) is 3.66. The quantitative estimate of drug-likeness (QED) is 0.799. The number of benzene rings is 1. The van der Waals surface area contributed by atoms with Crippen LogP contribution in [0.4, 0.5) is 0 Å². The zero-order valence-corrected chi connectivity index (χ0v) is 14.5. The van der Waals surface area contributed by atoms with Gasteiger partial charge < -0.3 is 5.32 Å². The molecule has 0 aliphatic heterocycles. The van der Waals surface area contributed by atoms with E-state index in [1.54, 1.807) is 5.56 Å². The molecule has 0 saturated heterocycles. The monoisotopic (exact) mass is 287 g/mol. The molecule has 1 fully saturated rings. The molecule has 1 saturated carbocycles. The largest absolute Gasteiger partial charge is 0.312 e. The Morgan fingerprint density at radius 2 is 1.76 bits per heavy atom. The standard InChI is InChI=1S/C20H33N/c1-15(2)17-11-12-18(14-21-20(3,4)5)19(13-17)16-9-7-6-8-10-16/h6-10,15,17-19,21H,11-14H2,1-5H3. The van der Waals surface area contributed by atoms with E-state index < -0.39 is 0 Å². The van der Waals surface area contributed by atoms with Crippen LogP contribution in [0.1, 0.15) is 65.4 Å². The van der Waals surface area contributed by atoms with E-state index in [4.69, 9.17) is 0 Å². The van der Waals surface area contributed by atoms with E-state index in [9.17, 15) is 0 Å². The minimum atomic E-state index is 0.218. The minimum Gasteiger partial charge on any atom is -0.312 e. The van der Waals surface area contributed by atoms with Crippen LogP contribution < -0.4 is 5.32 Å². The lowest BCUT2D eigenvalue weighted by atomic mass is 9.68. The summed E-state index contributed by atoms with van der Waals surface area (Å²) in [6.07, 6.45) is 4.13. The van der Waals surface area contributed by atoms with Gasteiger partial charge in [-0.05, 0) is 75.8 Å². The first-order chi connectivity index (χ1) is 9.87. The Morgan fingerprint density at radius 1 is 1.10 bits per heavy atom. The van der Waals surface area contributed by atoms with Crippen LogP contribution in [0, 0.1) is 17.8 Å². The first-order valence-corrected chi connectivity index (χ1v) is 8.67. The van der Waals surface area contributed by atoms with Crippen LogP contribution in [-0.4, -0.2) is 12.1 Å². The molecule has 2 rings (SSSR count). The third kappa shape index (κ3) is 4.85. The van der Waals surface area contributed by atoms with Gasteiger partial charge in [0.25, 0.3) is 0 Å². The molecular formula is C20H33N. The summed E-state index contributed by atoms with van der Waals surface area (Å²) < 4.78 is 0. The Morgan fingerprint density at radius 3 is 2.33 bits per heavy atom. The maximum atomic E-state index is 3.74. The highest BCUT2D eigenvalue weighted by molar-refractivity contribution is 5.21. The Hall–Kier alpha value is -0.820. The summed E-state index contributed by atoms with van der Waals surface area (Å²) in [7, 11) is 0. The molecule has 1 aliphatic rings. The average Bonchev–Trinajstić information content (AvgIpc) is 2.45. The maximum absolute atomic E-state index is 3.74. The third-order valence-electron chi connectivity index (χ3n) is 5.10. The number of hydrogen-bond donors (Lipinski definition) is 1. The first-order valence-electron chi connectivity index (χ1n) is 8.67.